The molecule has 0 spiro atoms. The number of aromatic nitrogens is 3. The van der Waals surface area contributed by atoms with Crippen LogP contribution in [0.5, 0.6) is 0 Å². The molecule has 1 aromatic carbocycles. The predicted octanol–water partition coefficient (Wildman–Crippen LogP) is 4.64. The van der Waals surface area contributed by atoms with Crippen LogP contribution in [0.3, 0.4) is 0 Å². The number of hydrogen-bond acceptors (Lipinski definition) is 6. The molecule has 3 aliphatic rings. The second kappa shape index (κ2) is 12.8. The first-order chi connectivity index (χ1) is 18.7. The Balaban J connectivity index is 0.000000263. The Morgan fingerprint density at radius 3 is 2.17 bits per heavy atom. The van der Waals surface area contributed by atoms with Crippen molar-refractivity contribution in [3.8, 4) is 11.3 Å². The summed E-state index contributed by atoms with van der Waals surface area (Å²) in [6.07, 6.45) is -2.50. The van der Waals surface area contributed by atoms with Crippen LogP contribution in [-0.2, 0) is 16.1 Å². The van der Waals surface area contributed by atoms with Gasteiger partial charge in [-0.1, -0.05) is 23.7 Å². The zero-order chi connectivity index (χ0) is 29.7. The maximum atomic E-state index is 10.6. The molecular formula is C24H24ClF6N5O4. The number of carboxylic acid groups (broad SMARTS) is 2. The van der Waals surface area contributed by atoms with E-state index in [0.29, 0.717) is 12.1 Å². The first kappa shape index (κ1) is 31.1. The number of hydrogen-bond donors (Lipinski definition) is 3. The maximum absolute atomic E-state index is 10.6. The molecule has 0 saturated carbocycles. The SMILES string of the molecule is Clc1ccc(-c2nc3ncccn3c2CN2CC3CCC2CCN3)cc1.O=C(O)C(F)(F)F.O=C(O)C(F)(F)F. The molecular weight excluding hydrogens is 572 g/mol. The van der Waals surface area contributed by atoms with Gasteiger partial charge in [-0.25, -0.2) is 19.6 Å². The van der Waals surface area contributed by atoms with Crippen LogP contribution in [0.4, 0.5) is 26.3 Å². The van der Waals surface area contributed by atoms with Crippen molar-refractivity contribution in [2.24, 2.45) is 0 Å². The van der Waals surface area contributed by atoms with Gasteiger partial charge in [0.25, 0.3) is 0 Å². The summed E-state index contributed by atoms with van der Waals surface area (Å²) in [6, 6.07) is 11.2. The van der Waals surface area contributed by atoms with Crippen molar-refractivity contribution in [1.29, 1.82) is 0 Å². The van der Waals surface area contributed by atoms with Gasteiger partial charge < -0.3 is 15.5 Å². The van der Waals surface area contributed by atoms with Gasteiger partial charge in [-0.3, -0.25) is 9.30 Å². The Labute approximate surface area is 228 Å². The Bertz CT molecular complexity index is 1290. The van der Waals surface area contributed by atoms with Gasteiger partial charge >= 0.3 is 24.3 Å². The van der Waals surface area contributed by atoms with Gasteiger partial charge in [0.2, 0.25) is 5.78 Å². The summed E-state index contributed by atoms with van der Waals surface area (Å²) >= 11 is 6.08. The summed E-state index contributed by atoms with van der Waals surface area (Å²) in [4.78, 5) is 29.7. The Hall–Kier alpha value is -3.43. The zero-order valence-electron chi connectivity index (χ0n) is 20.6. The second-order valence-electron chi connectivity index (χ2n) is 8.91. The molecule has 9 nitrogen and oxygen atoms in total. The number of fused-ring (bicyclic) bond motifs is 5. The van der Waals surface area contributed by atoms with Crippen LogP contribution < -0.4 is 5.32 Å². The maximum Gasteiger partial charge on any atom is 0.490 e. The van der Waals surface area contributed by atoms with Gasteiger partial charge in [0.05, 0.1) is 11.4 Å². The molecule has 0 aliphatic carbocycles. The molecule has 16 heteroatoms. The Morgan fingerprint density at radius 2 is 1.60 bits per heavy atom. The van der Waals surface area contributed by atoms with E-state index in [1.54, 1.807) is 6.20 Å². The number of carbonyl (C=O) groups is 2. The van der Waals surface area contributed by atoms with Gasteiger partial charge in [0, 0.05) is 48.2 Å². The van der Waals surface area contributed by atoms with Crippen molar-refractivity contribution in [2.45, 2.75) is 50.2 Å². The molecule has 3 N–H and O–H groups in total. The molecule has 3 fully saturated rings. The first-order valence-electron chi connectivity index (χ1n) is 11.8. The zero-order valence-corrected chi connectivity index (χ0v) is 21.3. The fourth-order valence-corrected chi connectivity index (χ4v) is 4.48. The number of halogens is 7. The lowest BCUT2D eigenvalue weighted by atomic mass is 9.98. The molecule has 218 valence electrons. The van der Waals surface area contributed by atoms with E-state index >= 15 is 0 Å². The number of nitrogens with zero attached hydrogens (tertiary/aromatic N) is 4. The van der Waals surface area contributed by atoms with Crippen molar-refractivity contribution < 1.29 is 46.1 Å². The van der Waals surface area contributed by atoms with Crippen LogP contribution in [0.15, 0.2) is 42.7 Å². The molecule has 6 rings (SSSR count). The fourth-order valence-electron chi connectivity index (χ4n) is 4.36. The topological polar surface area (TPSA) is 120 Å². The highest BCUT2D eigenvalue weighted by Gasteiger charge is 2.39. The molecule has 40 heavy (non-hydrogen) atoms. The molecule has 3 saturated heterocycles. The fraction of sp³-hybridized carbons (Fsp3) is 0.417. The van der Waals surface area contributed by atoms with E-state index in [2.05, 4.69) is 25.8 Å². The Kier molecular flexibility index (Phi) is 9.97. The van der Waals surface area contributed by atoms with Crippen LogP contribution in [0.25, 0.3) is 17.0 Å². The number of carboxylic acids is 2. The van der Waals surface area contributed by atoms with E-state index in [1.807, 2.05) is 30.3 Å². The van der Waals surface area contributed by atoms with Crippen molar-refractivity contribution in [3.05, 3.63) is 53.4 Å². The van der Waals surface area contributed by atoms with E-state index in [4.69, 9.17) is 36.4 Å². The summed E-state index contributed by atoms with van der Waals surface area (Å²) in [5.74, 6) is -4.76. The van der Waals surface area contributed by atoms with E-state index in [0.717, 1.165) is 41.7 Å². The molecule has 3 aliphatic heterocycles. The lowest BCUT2D eigenvalue weighted by molar-refractivity contribution is -0.193. The van der Waals surface area contributed by atoms with Crippen LogP contribution in [-0.4, -0.2) is 78.9 Å². The number of alkyl halides is 6. The lowest BCUT2D eigenvalue weighted by Crippen LogP contribution is -2.45. The number of nitrogens with one attached hydrogen (secondary N) is 1. The monoisotopic (exact) mass is 595 g/mol. The largest absolute Gasteiger partial charge is 0.490 e. The molecule has 2 unspecified atom stereocenters. The van der Waals surface area contributed by atoms with Crippen molar-refractivity contribution in [2.75, 3.05) is 13.1 Å². The van der Waals surface area contributed by atoms with E-state index < -0.39 is 24.3 Å². The van der Waals surface area contributed by atoms with Gasteiger partial charge in [-0.2, -0.15) is 26.3 Å². The average Bonchev–Trinajstić information content (AvgIpc) is 2.99. The minimum atomic E-state index is -5.08. The van der Waals surface area contributed by atoms with E-state index in [9.17, 15) is 26.3 Å². The van der Waals surface area contributed by atoms with Gasteiger partial charge in [-0.05, 0) is 44.0 Å². The average molecular weight is 596 g/mol. The predicted molar refractivity (Wildman–Crippen MR) is 131 cm³/mol. The van der Waals surface area contributed by atoms with Gasteiger partial charge in [0.1, 0.15) is 0 Å². The lowest BCUT2D eigenvalue weighted by Gasteiger charge is -2.36. The number of imidazole rings is 1. The van der Waals surface area contributed by atoms with Gasteiger partial charge in [0.15, 0.2) is 0 Å². The second-order valence-corrected chi connectivity index (χ2v) is 9.35. The molecule has 2 atom stereocenters. The third kappa shape index (κ3) is 8.29. The number of aliphatic carboxylic acids is 2. The quantitative estimate of drug-likeness (QED) is 0.375. The van der Waals surface area contributed by atoms with Crippen LogP contribution >= 0.6 is 11.6 Å². The third-order valence-corrected chi connectivity index (χ3v) is 6.44. The number of rotatable bonds is 3. The van der Waals surface area contributed by atoms with Gasteiger partial charge in [-0.15, -0.1) is 0 Å². The van der Waals surface area contributed by atoms with E-state index in [1.165, 1.54) is 25.0 Å². The van der Waals surface area contributed by atoms with E-state index in [-0.39, 0.29) is 0 Å². The highest BCUT2D eigenvalue weighted by molar-refractivity contribution is 6.30. The molecule has 5 heterocycles. The summed E-state index contributed by atoms with van der Waals surface area (Å²) in [6.45, 7) is 3.14. The molecule has 3 aromatic rings. The normalized spacial score (nSPS) is 19.2. The molecule has 0 amide bonds. The molecule has 0 radical (unpaired) electrons. The number of benzene rings is 1. The minimum absolute atomic E-state index is 0.616. The first-order valence-corrected chi connectivity index (χ1v) is 12.2. The summed E-state index contributed by atoms with van der Waals surface area (Å²) in [5, 5.41) is 18.7. The third-order valence-electron chi connectivity index (χ3n) is 6.19. The standard InChI is InChI=1S/C20H22ClN5.2C2HF3O2/c21-15-4-2-14(3-5-15)19-18(26-11-1-9-23-20(26)24-19)13-25-12-16-6-7-17(25)8-10-22-16;2*3-2(4,5)1(6)7/h1-5,9,11,16-17,22H,6-8,10,12-13H2;2*(H,6,7). The summed E-state index contributed by atoms with van der Waals surface area (Å²) < 4.78 is 65.6. The van der Waals surface area contributed by atoms with Crippen LogP contribution in [0.1, 0.15) is 25.0 Å². The van der Waals surface area contributed by atoms with Crippen LogP contribution in [0.2, 0.25) is 5.02 Å². The molecule has 2 bridgehead atoms. The highest BCUT2D eigenvalue weighted by Crippen LogP contribution is 2.30. The summed E-state index contributed by atoms with van der Waals surface area (Å²) in [7, 11) is 0. The minimum Gasteiger partial charge on any atom is -0.475 e. The number of piperidine rings is 1. The van der Waals surface area contributed by atoms with Crippen molar-refractivity contribution in [3.63, 3.8) is 0 Å². The van der Waals surface area contributed by atoms with Crippen molar-refractivity contribution in [1.82, 2.24) is 24.6 Å². The van der Waals surface area contributed by atoms with Crippen molar-refractivity contribution >= 4 is 29.3 Å². The Morgan fingerprint density at radius 1 is 1.00 bits per heavy atom. The summed E-state index contributed by atoms with van der Waals surface area (Å²) in [5.41, 5.74) is 3.31. The highest BCUT2D eigenvalue weighted by atomic mass is 35.5. The van der Waals surface area contributed by atoms with Crippen LogP contribution in [0, 0.1) is 0 Å². The molecule has 2 aromatic heterocycles. The smallest absolute Gasteiger partial charge is 0.475 e.